The Hall–Kier alpha value is -3.50. The van der Waals surface area contributed by atoms with Gasteiger partial charge in [-0.25, -0.2) is 8.42 Å². The number of sulfonamides is 1. The lowest BCUT2D eigenvalue weighted by atomic mass is 10.3. The second-order valence-corrected chi connectivity index (χ2v) is 7.97. The Balaban J connectivity index is 1.62. The number of thiocarbonyl (C=S) groups is 1. The molecule has 3 aromatic carbocycles. The van der Waals surface area contributed by atoms with Crippen molar-refractivity contribution in [2.75, 3.05) is 15.4 Å². The monoisotopic (exact) mass is 428 g/mol. The Kier molecular flexibility index (Phi) is 6.05. The third kappa shape index (κ3) is 5.50. The van der Waals surface area contributed by atoms with E-state index < -0.39 is 14.9 Å². The van der Waals surface area contributed by atoms with Crippen molar-refractivity contribution in [3.8, 4) is 0 Å². The molecule has 29 heavy (non-hydrogen) atoms. The Morgan fingerprint density at radius 1 is 0.793 bits per heavy atom. The summed E-state index contributed by atoms with van der Waals surface area (Å²) in [6.07, 6.45) is 0. The maximum atomic E-state index is 12.4. The van der Waals surface area contributed by atoms with Gasteiger partial charge in [0.2, 0.25) is 0 Å². The molecule has 3 rings (SSSR count). The maximum absolute atomic E-state index is 12.4. The summed E-state index contributed by atoms with van der Waals surface area (Å²) in [5.41, 5.74) is 1.63. The van der Waals surface area contributed by atoms with Crippen LogP contribution in [-0.2, 0) is 10.0 Å². The van der Waals surface area contributed by atoms with Crippen LogP contribution in [0.3, 0.4) is 0 Å². The average Bonchev–Trinajstić information content (AvgIpc) is 2.69. The third-order valence-corrected chi connectivity index (χ3v) is 5.39. The molecule has 0 saturated carbocycles. The first-order chi connectivity index (χ1) is 13.8. The molecule has 0 atom stereocenters. The lowest BCUT2D eigenvalue weighted by molar-refractivity contribution is -0.384. The number of anilines is 3. The third-order valence-electron chi connectivity index (χ3n) is 3.78. The van der Waals surface area contributed by atoms with Crippen molar-refractivity contribution in [3.63, 3.8) is 0 Å². The fourth-order valence-corrected chi connectivity index (χ4v) is 3.69. The van der Waals surface area contributed by atoms with Gasteiger partial charge in [-0.3, -0.25) is 14.8 Å². The predicted octanol–water partition coefficient (Wildman–Crippen LogP) is 4.20. The number of nitro groups is 1. The molecule has 148 valence electrons. The molecule has 0 saturated heterocycles. The van der Waals surface area contributed by atoms with Crippen molar-refractivity contribution in [1.82, 2.24) is 0 Å². The van der Waals surface area contributed by atoms with Crippen molar-refractivity contribution in [3.05, 3.63) is 89.0 Å². The molecule has 0 heterocycles. The number of hydrogen-bond donors (Lipinski definition) is 3. The molecule has 3 N–H and O–H groups in total. The molecule has 0 radical (unpaired) electrons. The second kappa shape index (κ2) is 8.67. The van der Waals surface area contributed by atoms with Gasteiger partial charge in [0.15, 0.2) is 5.11 Å². The fourth-order valence-electron chi connectivity index (χ4n) is 2.40. The maximum Gasteiger partial charge on any atom is 0.269 e. The van der Waals surface area contributed by atoms with Crippen LogP contribution >= 0.6 is 12.2 Å². The SMILES string of the molecule is O=[N+]([O-])c1ccc(NC(=S)Nc2ccc(S(=O)(=O)Nc3ccccc3)cc2)cc1. The van der Waals surface area contributed by atoms with E-state index in [1.807, 2.05) is 0 Å². The summed E-state index contributed by atoms with van der Waals surface area (Å²) in [5, 5.41) is 16.8. The largest absolute Gasteiger partial charge is 0.332 e. The highest BCUT2D eigenvalue weighted by atomic mass is 32.2. The van der Waals surface area contributed by atoms with Crippen molar-refractivity contribution in [2.24, 2.45) is 0 Å². The molecular weight excluding hydrogens is 412 g/mol. The molecule has 0 aliphatic heterocycles. The topological polar surface area (TPSA) is 113 Å². The Morgan fingerprint density at radius 2 is 1.31 bits per heavy atom. The number of nitrogens with zero attached hydrogens (tertiary/aromatic N) is 1. The van der Waals surface area contributed by atoms with E-state index in [1.54, 1.807) is 42.5 Å². The molecule has 0 unspecified atom stereocenters. The van der Waals surface area contributed by atoms with Crippen LogP contribution in [0.15, 0.2) is 83.8 Å². The summed E-state index contributed by atoms with van der Waals surface area (Å²) in [7, 11) is -3.70. The normalized spacial score (nSPS) is 10.8. The van der Waals surface area contributed by atoms with Crippen molar-refractivity contribution in [2.45, 2.75) is 4.90 Å². The minimum absolute atomic E-state index is 0.0182. The van der Waals surface area contributed by atoms with Crippen LogP contribution in [0, 0.1) is 10.1 Å². The molecule has 10 heteroatoms. The number of nitrogens with one attached hydrogen (secondary N) is 3. The van der Waals surface area contributed by atoms with Crippen molar-refractivity contribution >= 4 is 50.1 Å². The van der Waals surface area contributed by atoms with Gasteiger partial charge in [-0.15, -0.1) is 0 Å². The lowest BCUT2D eigenvalue weighted by Gasteiger charge is -2.12. The van der Waals surface area contributed by atoms with Crippen LogP contribution in [-0.4, -0.2) is 18.5 Å². The van der Waals surface area contributed by atoms with Gasteiger partial charge in [-0.1, -0.05) is 18.2 Å². The molecule has 0 fully saturated rings. The van der Waals surface area contributed by atoms with E-state index in [1.165, 1.54) is 36.4 Å². The molecule has 0 aliphatic rings. The van der Waals surface area contributed by atoms with Gasteiger partial charge in [0.1, 0.15) is 0 Å². The summed E-state index contributed by atoms with van der Waals surface area (Å²) in [6.45, 7) is 0. The molecule has 0 aliphatic carbocycles. The van der Waals surface area contributed by atoms with Gasteiger partial charge in [0.05, 0.1) is 9.82 Å². The van der Waals surface area contributed by atoms with E-state index in [0.717, 1.165) is 0 Å². The number of rotatable bonds is 6. The Morgan fingerprint density at radius 3 is 1.83 bits per heavy atom. The number of nitro benzene ring substituents is 1. The fraction of sp³-hybridized carbons (Fsp3) is 0. The Bertz CT molecular complexity index is 1120. The van der Waals surface area contributed by atoms with Crippen LogP contribution in [0.2, 0.25) is 0 Å². The highest BCUT2D eigenvalue weighted by Gasteiger charge is 2.14. The van der Waals surface area contributed by atoms with Crippen LogP contribution in [0.25, 0.3) is 0 Å². The van der Waals surface area contributed by atoms with Crippen molar-refractivity contribution in [1.29, 1.82) is 0 Å². The van der Waals surface area contributed by atoms with Crippen LogP contribution in [0.5, 0.6) is 0 Å². The van der Waals surface area contributed by atoms with E-state index in [-0.39, 0.29) is 15.7 Å². The lowest BCUT2D eigenvalue weighted by Crippen LogP contribution is -2.19. The predicted molar refractivity (Wildman–Crippen MR) is 117 cm³/mol. The summed E-state index contributed by atoms with van der Waals surface area (Å²) < 4.78 is 27.4. The van der Waals surface area contributed by atoms with Gasteiger partial charge >= 0.3 is 0 Å². The quantitative estimate of drug-likeness (QED) is 0.306. The van der Waals surface area contributed by atoms with Gasteiger partial charge in [-0.05, 0) is 60.7 Å². The molecular formula is C19H16N4O4S2. The summed E-state index contributed by atoms with van der Waals surface area (Å²) >= 11 is 5.21. The van der Waals surface area contributed by atoms with Crippen LogP contribution in [0.1, 0.15) is 0 Å². The molecule has 3 aromatic rings. The zero-order chi connectivity index (χ0) is 20.9. The molecule has 0 bridgehead atoms. The summed E-state index contributed by atoms with van der Waals surface area (Å²) in [5.74, 6) is 0. The van der Waals surface area contributed by atoms with Gasteiger partial charge in [0, 0.05) is 29.2 Å². The average molecular weight is 428 g/mol. The van der Waals surface area contributed by atoms with Crippen LogP contribution < -0.4 is 15.4 Å². The minimum Gasteiger partial charge on any atom is -0.332 e. The van der Waals surface area contributed by atoms with E-state index in [4.69, 9.17) is 12.2 Å². The number of hydrogen-bond acceptors (Lipinski definition) is 5. The highest BCUT2D eigenvalue weighted by molar-refractivity contribution is 7.92. The molecule has 0 aromatic heterocycles. The smallest absolute Gasteiger partial charge is 0.269 e. The standard InChI is InChI=1S/C19H16N4O4S2/c24-23(25)17-10-6-14(7-11-17)20-19(28)21-15-8-12-18(13-9-15)29(26,27)22-16-4-2-1-3-5-16/h1-13,22H,(H2,20,21,28). The molecule has 0 spiro atoms. The van der Waals surface area contributed by atoms with Gasteiger partial charge in [-0.2, -0.15) is 0 Å². The van der Waals surface area contributed by atoms with Crippen LogP contribution in [0.4, 0.5) is 22.7 Å². The van der Waals surface area contributed by atoms with Crippen molar-refractivity contribution < 1.29 is 13.3 Å². The van der Waals surface area contributed by atoms with Gasteiger partial charge in [0.25, 0.3) is 15.7 Å². The van der Waals surface area contributed by atoms with E-state index >= 15 is 0 Å². The second-order valence-electron chi connectivity index (χ2n) is 5.88. The molecule has 8 nitrogen and oxygen atoms in total. The van der Waals surface area contributed by atoms with E-state index in [0.29, 0.717) is 17.1 Å². The number of para-hydroxylation sites is 1. The number of non-ortho nitro benzene ring substituents is 1. The first-order valence-corrected chi connectivity index (χ1v) is 10.2. The Labute approximate surface area is 172 Å². The van der Waals surface area contributed by atoms with Gasteiger partial charge < -0.3 is 10.6 Å². The molecule has 0 amide bonds. The number of benzene rings is 3. The van der Waals surface area contributed by atoms with E-state index in [9.17, 15) is 18.5 Å². The van der Waals surface area contributed by atoms with E-state index in [2.05, 4.69) is 15.4 Å². The summed E-state index contributed by atoms with van der Waals surface area (Å²) in [6, 6.07) is 20.5. The minimum atomic E-state index is -3.70. The first kappa shape index (κ1) is 20.2. The zero-order valence-corrected chi connectivity index (χ0v) is 16.5. The first-order valence-electron chi connectivity index (χ1n) is 8.34. The highest BCUT2D eigenvalue weighted by Crippen LogP contribution is 2.19. The zero-order valence-electron chi connectivity index (χ0n) is 14.9. The summed E-state index contributed by atoms with van der Waals surface area (Å²) in [4.78, 5) is 10.3.